The number of aliphatic hydroxyl groups excluding tert-OH is 1. The Hall–Kier alpha value is -1.43. The Morgan fingerprint density at radius 2 is 2.27 bits per heavy atom. The maximum Gasteiger partial charge on any atom is 0.224 e. The Morgan fingerprint density at radius 1 is 1.53 bits per heavy atom. The topological polar surface area (TPSA) is 70.1 Å². The molecule has 0 spiro atoms. The second-order valence-electron chi connectivity index (χ2n) is 3.61. The van der Waals surface area contributed by atoms with Crippen LogP contribution in [0.2, 0.25) is 0 Å². The highest BCUT2D eigenvalue weighted by Crippen LogP contribution is 2.24. The number of hydrogen-bond acceptors (Lipinski definition) is 5. The zero-order chi connectivity index (χ0) is 10.8. The van der Waals surface area contributed by atoms with E-state index in [9.17, 15) is 4.39 Å². The summed E-state index contributed by atoms with van der Waals surface area (Å²) in [5.74, 6) is 0.0837. The van der Waals surface area contributed by atoms with Crippen LogP contribution in [0.5, 0.6) is 0 Å². The van der Waals surface area contributed by atoms with Crippen LogP contribution in [0.25, 0.3) is 0 Å². The largest absolute Gasteiger partial charge is 0.393 e. The molecule has 0 saturated heterocycles. The van der Waals surface area contributed by atoms with Crippen molar-refractivity contribution in [3.8, 4) is 0 Å². The normalized spacial score (nSPS) is 24.5. The Kier molecular flexibility index (Phi) is 2.68. The fourth-order valence-corrected chi connectivity index (χ4v) is 1.49. The van der Waals surface area contributed by atoms with Gasteiger partial charge in [-0.2, -0.15) is 4.98 Å². The number of nitrogens with zero attached hydrogens (tertiary/aromatic N) is 2. The molecule has 1 fully saturated rings. The molecule has 0 aliphatic heterocycles. The van der Waals surface area contributed by atoms with Crippen molar-refractivity contribution in [1.29, 1.82) is 0 Å². The van der Waals surface area contributed by atoms with E-state index in [2.05, 4.69) is 20.6 Å². The maximum atomic E-state index is 13.2. The molecule has 6 heteroatoms. The lowest BCUT2D eigenvalue weighted by molar-refractivity contribution is 0.0834. The van der Waals surface area contributed by atoms with Gasteiger partial charge in [0.2, 0.25) is 5.95 Å². The monoisotopic (exact) mass is 212 g/mol. The molecule has 0 atom stereocenters. The summed E-state index contributed by atoms with van der Waals surface area (Å²) in [6, 6.07) is 0.106. The van der Waals surface area contributed by atoms with E-state index in [4.69, 9.17) is 5.11 Å². The quantitative estimate of drug-likeness (QED) is 0.684. The summed E-state index contributed by atoms with van der Waals surface area (Å²) in [6.07, 6.45) is 2.13. The molecule has 0 radical (unpaired) electrons. The van der Waals surface area contributed by atoms with E-state index in [1.165, 1.54) is 0 Å². The average molecular weight is 212 g/mol. The Bertz CT molecular complexity index is 354. The third kappa shape index (κ3) is 2.15. The Balaban J connectivity index is 2.06. The maximum absolute atomic E-state index is 13.2. The standard InChI is InChI=1S/C9H13FN4O/c1-11-9-12-4-7(10)8(14-9)13-5-2-6(15)3-5/h4-6,15H,2-3H2,1H3,(H2,11,12,13,14). The molecule has 0 unspecified atom stereocenters. The first-order valence-corrected chi connectivity index (χ1v) is 4.84. The smallest absolute Gasteiger partial charge is 0.224 e. The molecule has 1 aromatic rings. The van der Waals surface area contributed by atoms with Crippen LogP contribution < -0.4 is 10.6 Å². The van der Waals surface area contributed by atoms with Crippen molar-refractivity contribution >= 4 is 11.8 Å². The number of aliphatic hydroxyl groups is 1. The molecule has 1 aliphatic carbocycles. The number of rotatable bonds is 3. The van der Waals surface area contributed by atoms with Crippen LogP contribution in [0.15, 0.2) is 6.20 Å². The van der Waals surface area contributed by atoms with Crippen molar-refractivity contribution in [2.45, 2.75) is 25.0 Å². The molecular formula is C9H13FN4O. The summed E-state index contributed by atoms with van der Waals surface area (Å²) in [4.78, 5) is 7.68. The lowest BCUT2D eigenvalue weighted by atomic mass is 9.89. The second kappa shape index (κ2) is 3.98. The molecule has 0 aromatic carbocycles. The first-order valence-electron chi connectivity index (χ1n) is 4.84. The van der Waals surface area contributed by atoms with Crippen molar-refractivity contribution in [2.24, 2.45) is 0 Å². The minimum absolute atomic E-state index is 0.106. The van der Waals surface area contributed by atoms with Gasteiger partial charge in [-0.3, -0.25) is 0 Å². The highest BCUT2D eigenvalue weighted by molar-refractivity contribution is 5.42. The predicted molar refractivity (Wildman–Crippen MR) is 54.2 cm³/mol. The SMILES string of the molecule is CNc1ncc(F)c(NC2CC(O)C2)n1. The van der Waals surface area contributed by atoms with Gasteiger partial charge in [0.05, 0.1) is 12.3 Å². The molecule has 15 heavy (non-hydrogen) atoms. The molecule has 5 nitrogen and oxygen atoms in total. The lowest BCUT2D eigenvalue weighted by Crippen LogP contribution is -2.39. The van der Waals surface area contributed by atoms with Gasteiger partial charge in [-0.25, -0.2) is 9.37 Å². The van der Waals surface area contributed by atoms with Gasteiger partial charge in [0.15, 0.2) is 11.6 Å². The summed E-state index contributed by atoms with van der Waals surface area (Å²) in [6.45, 7) is 0. The minimum Gasteiger partial charge on any atom is -0.393 e. The molecule has 0 bridgehead atoms. The van der Waals surface area contributed by atoms with E-state index < -0.39 is 5.82 Å². The highest BCUT2D eigenvalue weighted by Gasteiger charge is 2.28. The van der Waals surface area contributed by atoms with Crippen LogP contribution in [0.1, 0.15) is 12.8 Å². The number of nitrogens with one attached hydrogen (secondary N) is 2. The van der Waals surface area contributed by atoms with Crippen molar-refractivity contribution in [1.82, 2.24) is 9.97 Å². The van der Waals surface area contributed by atoms with Crippen LogP contribution in [-0.4, -0.2) is 34.3 Å². The molecule has 1 saturated carbocycles. The Labute approximate surface area is 86.7 Å². The minimum atomic E-state index is -0.476. The van der Waals surface area contributed by atoms with Gasteiger partial charge in [0.1, 0.15) is 0 Å². The lowest BCUT2D eigenvalue weighted by Gasteiger charge is -2.32. The van der Waals surface area contributed by atoms with Crippen LogP contribution in [0, 0.1) is 5.82 Å². The number of halogens is 1. The van der Waals surface area contributed by atoms with Gasteiger partial charge in [-0.15, -0.1) is 0 Å². The molecule has 82 valence electrons. The second-order valence-corrected chi connectivity index (χ2v) is 3.61. The zero-order valence-corrected chi connectivity index (χ0v) is 8.37. The first-order chi connectivity index (χ1) is 7.19. The average Bonchev–Trinajstić information content (AvgIpc) is 2.19. The molecule has 0 amide bonds. The summed E-state index contributed by atoms with van der Waals surface area (Å²) in [5.41, 5.74) is 0. The molecule has 1 aliphatic rings. The van der Waals surface area contributed by atoms with Gasteiger partial charge in [-0.05, 0) is 12.8 Å². The zero-order valence-electron chi connectivity index (χ0n) is 8.37. The van der Waals surface area contributed by atoms with E-state index in [0.717, 1.165) is 6.20 Å². The van der Waals surface area contributed by atoms with Crippen molar-refractivity contribution in [2.75, 3.05) is 17.7 Å². The summed E-state index contributed by atoms with van der Waals surface area (Å²) < 4.78 is 13.2. The fourth-order valence-electron chi connectivity index (χ4n) is 1.49. The van der Waals surface area contributed by atoms with Crippen LogP contribution in [-0.2, 0) is 0 Å². The van der Waals surface area contributed by atoms with Crippen LogP contribution in [0.4, 0.5) is 16.2 Å². The van der Waals surface area contributed by atoms with Crippen LogP contribution >= 0.6 is 0 Å². The summed E-state index contributed by atoms with van der Waals surface area (Å²) in [5, 5.41) is 14.7. The fraction of sp³-hybridized carbons (Fsp3) is 0.556. The van der Waals surface area contributed by atoms with Crippen molar-refractivity contribution < 1.29 is 9.50 Å². The number of hydrogen-bond donors (Lipinski definition) is 3. The summed E-state index contributed by atoms with van der Waals surface area (Å²) in [7, 11) is 1.67. The number of aromatic nitrogens is 2. The molecule has 1 heterocycles. The summed E-state index contributed by atoms with van der Waals surface area (Å²) >= 11 is 0. The highest BCUT2D eigenvalue weighted by atomic mass is 19.1. The first kappa shape index (κ1) is 10.1. The van der Waals surface area contributed by atoms with Gasteiger partial charge in [-0.1, -0.05) is 0 Å². The van der Waals surface area contributed by atoms with Crippen LogP contribution in [0.3, 0.4) is 0 Å². The molecule has 2 rings (SSSR count). The van der Waals surface area contributed by atoms with Gasteiger partial charge in [0.25, 0.3) is 0 Å². The van der Waals surface area contributed by atoms with Crippen molar-refractivity contribution in [3.63, 3.8) is 0 Å². The van der Waals surface area contributed by atoms with Crippen molar-refractivity contribution in [3.05, 3.63) is 12.0 Å². The molecular weight excluding hydrogens is 199 g/mol. The van der Waals surface area contributed by atoms with E-state index in [-0.39, 0.29) is 18.0 Å². The van der Waals surface area contributed by atoms with E-state index in [1.54, 1.807) is 7.05 Å². The van der Waals surface area contributed by atoms with E-state index in [0.29, 0.717) is 18.8 Å². The van der Waals surface area contributed by atoms with Gasteiger partial charge >= 0.3 is 0 Å². The van der Waals surface area contributed by atoms with E-state index in [1.807, 2.05) is 0 Å². The third-order valence-electron chi connectivity index (χ3n) is 2.42. The predicted octanol–water partition coefficient (Wildman–Crippen LogP) is 0.593. The number of anilines is 2. The Morgan fingerprint density at radius 3 is 2.87 bits per heavy atom. The van der Waals surface area contributed by atoms with E-state index >= 15 is 0 Å². The molecule has 1 aromatic heterocycles. The van der Waals surface area contributed by atoms with Gasteiger partial charge in [0, 0.05) is 13.1 Å². The third-order valence-corrected chi connectivity index (χ3v) is 2.42. The molecule has 3 N–H and O–H groups in total. The van der Waals surface area contributed by atoms with Gasteiger partial charge < -0.3 is 15.7 Å².